The number of ether oxygens (including phenoxy) is 1. The summed E-state index contributed by atoms with van der Waals surface area (Å²) in [5.41, 5.74) is 4.10. The summed E-state index contributed by atoms with van der Waals surface area (Å²) in [5.74, 6) is 0.651. The minimum atomic E-state index is -4.26. The lowest BCUT2D eigenvalue weighted by atomic mass is 10.0. The van der Waals surface area contributed by atoms with Gasteiger partial charge in [-0.15, -0.1) is 0 Å². The number of rotatable bonds is 5. The molecule has 6 nitrogen and oxygen atoms in total. The van der Waals surface area contributed by atoms with Gasteiger partial charge in [0.1, 0.15) is 5.75 Å². The molecule has 0 saturated carbocycles. The van der Waals surface area contributed by atoms with E-state index in [4.69, 9.17) is 4.74 Å². The van der Waals surface area contributed by atoms with Gasteiger partial charge in [0, 0.05) is 64.4 Å². The highest BCUT2D eigenvalue weighted by Crippen LogP contribution is 2.29. The van der Waals surface area contributed by atoms with Gasteiger partial charge in [-0.25, -0.2) is 0 Å². The zero-order valence-electron chi connectivity index (χ0n) is 17.1. The molecule has 1 aromatic carbocycles. The van der Waals surface area contributed by atoms with Crippen LogP contribution in [0.3, 0.4) is 0 Å². The van der Waals surface area contributed by atoms with E-state index in [0.29, 0.717) is 32.7 Å². The third-order valence-corrected chi connectivity index (χ3v) is 5.59. The number of hydrogen-bond acceptors (Lipinski definition) is 4. The molecule has 9 heteroatoms. The van der Waals surface area contributed by atoms with Crippen molar-refractivity contribution < 1.29 is 22.7 Å². The zero-order chi connectivity index (χ0) is 21.5. The van der Waals surface area contributed by atoms with Gasteiger partial charge in [-0.05, 0) is 17.2 Å². The highest BCUT2D eigenvalue weighted by Gasteiger charge is 2.32. The first-order valence-corrected chi connectivity index (χ1v) is 10.0. The number of carbonyl (C=O) groups excluding carboxylic acids is 1. The molecule has 2 aliphatic rings. The molecule has 1 amide bonds. The van der Waals surface area contributed by atoms with Crippen LogP contribution < -0.4 is 4.74 Å². The Morgan fingerprint density at radius 3 is 2.80 bits per heavy atom. The molecule has 30 heavy (non-hydrogen) atoms. The minimum absolute atomic E-state index is 0.254. The molecule has 2 aromatic rings. The normalized spacial score (nSPS) is 16.2. The van der Waals surface area contributed by atoms with Crippen LogP contribution in [0.1, 0.15) is 39.3 Å². The Balaban J connectivity index is 1.56. The maximum absolute atomic E-state index is 12.7. The number of aromatic nitrogens is 2. The smallest absolute Gasteiger partial charge is 0.390 e. The molecular formula is C21H25F3N4O2. The number of fused-ring (bicyclic) bond motifs is 2. The van der Waals surface area contributed by atoms with E-state index in [1.54, 1.807) is 14.1 Å². The fourth-order valence-corrected chi connectivity index (χ4v) is 4.08. The van der Waals surface area contributed by atoms with Gasteiger partial charge >= 0.3 is 6.18 Å². The summed E-state index contributed by atoms with van der Waals surface area (Å²) in [6.07, 6.45) is -3.75. The molecule has 4 rings (SSSR count). The molecule has 1 aromatic heterocycles. The van der Waals surface area contributed by atoms with Gasteiger partial charge in [-0.3, -0.25) is 14.4 Å². The van der Waals surface area contributed by atoms with Crippen LogP contribution in [0.15, 0.2) is 18.2 Å². The van der Waals surface area contributed by atoms with Gasteiger partial charge in [0.25, 0.3) is 5.91 Å². The standard InChI is InChI=1S/C21H25F3N4O2/c1-26(2)20(29)19-16-13-27(12-14-3-4-18-15(11-14)6-10-30-18)8-5-17(16)28(25-19)9-7-21(22,23)24/h3-4,11H,5-10,12-13H2,1-2H3. The molecule has 0 radical (unpaired) electrons. The van der Waals surface area contributed by atoms with Crippen molar-refractivity contribution in [3.8, 4) is 5.75 Å². The maximum atomic E-state index is 12.7. The quantitative estimate of drug-likeness (QED) is 0.743. The molecule has 162 valence electrons. The molecule has 3 heterocycles. The first kappa shape index (κ1) is 20.7. The molecule has 0 fully saturated rings. The van der Waals surface area contributed by atoms with Gasteiger partial charge < -0.3 is 9.64 Å². The molecule has 0 aliphatic carbocycles. The van der Waals surface area contributed by atoms with E-state index in [1.807, 2.05) is 12.1 Å². The van der Waals surface area contributed by atoms with Gasteiger partial charge in [-0.2, -0.15) is 18.3 Å². The summed E-state index contributed by atoms with van der Waals surface area (Å²) in [6, 6.07) is 6.18. The molecule has 0 unspecified atom stereocenters. The Hall–Kier alpha value is -2.55. The average molecular weight is 422 g/mol. The van der Waals surface area contributed by atoms with E-state index < -0.39 is 12.6 Å². The third kappa shape index (κ3) is 4.30. The second kappa shape index (κ2) is 7.94. The SMILES string of the molecule is CN(C)C(=O)c1nn(CCC(F)(F)F)c2c1CN(Cc1ccc3c(c1)CCO3)CC2. The summed E-state index contributed by atoms with van der Waals surface area (Å²) in [7, 11) is 3.24. The predicted molar refractivity (Wildman–Crippen MR) is 104 cm³/mol. The van der Waals surface area contributed by atoms with Crippen molar-refractivity contribution in [1.82, 2.24) is 19.6 Å². The van der Waals surface area contributed by atoms with E-state index in [-0.39, 0.29) is 18.1 Å². The fraction of sp³-hybridized carbons (Fsp3) is 0.524. The van der Waals surface area contributed by atoms with Gasteiger partial charge in [0.05, 0.1) is 13.0 Å². The lowest BCUT2D eigenvalue weighted by molar-refractivity contribution is -0.137. The summed E-state index contributed by atoms with van der Waals surface area (Å²) in [6.45, 7) is 2.34. The van der Waals surface area contributed by atoms with Crippen molar-refractivity contribution in [3.63, 3.8) is 0 Å². The Morgan fingerprint density at radius 2 is 2.07 bits per heavy atom. The van der Waals surface area contributed by atoms with E-state index in [2.05, 4.69) is 16.1 Å². The molecular weight excluding hydrogens is 397 g/mol. The van der Waals surface area contributed by atoms with E-state index in [1.165, 1.54) is 15.1 Å². The van der Waals surface area contributed by atoms with Crippen LogP contribution >= 0.6 is 0 Å². The van der Waals surface area contributed by atoms with Crippen LogP contribution in [0, 0.1) is 0 Å². The van der Waals surface area contributed by atoms with E-state index in [0.717, 1.165) is 29.0 Å². The fourth-order valence-electron chi connectivity index (χ4n) is 4.08. The molecule has 0 saturated heterocycles. The highest BCUT2D eigenvalue weighted by atomic mass is 19.4. The number of benzene rings is 1. The highest BCUT2D eigenvalue weighted by molar-refractivity contribution is 5.93. The van der Waals surface area contributed by atoms with Crippen molar-refractivity contribution in [3.05, 3.63) is 46.3 Å². The summed E-state index contributed by atoms with van der Waals surface area (Å²) in [4.78, 5) is 16.2. The predicted octanol–water partition coefficient (Wildman–Crippen LogP) is 3.03. The first-order valence-electron chi connectivity index (χ1n) is 10.0. The van der Waals surface area contributed by atoms with Gasteiger partial charge in [-0.1, -0.05) is 12.1 Å². The lowest BCUT2D eigenvalue weighted by Gasteiger charge is -2.28. The summed E-state index contributed by atoms with van der Waals surface area (Å²) >= 11 is 0. The number of aryl methyl sites for hydroxylation is 1. The van der Waals surface area contributed by atoms with Crippen LogP contribution in [0.5, 0.6) is 5.75 Å². The lowest BCUT2D eigenvalue weighted by Crippen LogP contribution is -2.32. The average Bonchev–Trinajstić information content (AvgIpc) is 3.29. The van der Waals surface area contributed by atoms with Crippen molar-refractivity contribution in [1.29, 1.82) is 0 Å². The molecule has 0 N–H and O–H groups in total. The number of nitrogens with zero attached hydrogens (tertiary/aromatic N) is 4. The van der Waals surface area contributed by atoms with E-state index >= 15 is 0 Å². The Labute approximate surface area is 173 Å². The molecule has 0 bridgehead atoms. The maximum Gasteiger partial charge on any atom is 0.390 e. The number of halogens is 3. The molecule has 0 atom stereocenters. The largest absolute Gasteiger partial charge is 0.493 e. The Bertz CT molecular complexity index is 952. The van der Waals surface area contributed by atoms with Crippen molar-refractivity contribution in [2.24, 2.45) is 0 Å². The molecule has 0 spiro atoms. The van der Waals surface area contributed by atoms with Gasteiger partial charge in [0.15, 0.2) is 5.69 Å². The second-order valence-corrected chi connectivity index (χ2v) is 8.06. The summed E-state index contributed by atoms with van der Waals surface area (Å²) in [5, 5.41) is 4.29. The Morgan fingerprint density at radius 1 is 1.27 bits per heavy atom. The number of alkyl halides is 3. The van der Waals surface area contributed by atoms with Crippen LogP contribution in [0.2, 0.25) is 0 Å². The topological polar surface area (TPSA) is 50.6 Å². The van der Waals surface area contributed by atoms with Crippen molar-refractivity contribution in [2.45, 2.75) is 45.1 Å². The monoisotopic (exact) mass is 422 g/mol. The van der Waals surface area contributed by atoms with Crippen LogP contribution in [-0.4, -0.2) is 58.9 Å². The molecule has 2 aliphatic heterocycles. The minimum Gasteiger partial charge on any atom is -0.493 e. The van der Waals surface area contributed by atoms with E-state index in [9.17, 15) is 18.0 Å². The third-order valence-electron chi connectivity index (χ3n) is 5.59. The summed E-state index contributed by atoms with van der Waals surface area (Å²) < 4.78 is 45.1. The second-order valence-electron chi connectivity index (χ2n) is 8.06. The first-order chi connectivity index (χ1) is 14.2. The number of carbonyl (C=O) groups is 1. The van der Waals surface area contributed by atoms with Crippen molar-refractivity contribution >= 4 is 5.91 Å². The van der Waals surface area contributed by atoms with Gasteiger partial charge in [0.2, 0.25) is 0 Å². The number of amides is 1. The van der Waals surface area contributed by atoms with Crippen molar-refractivity contribution in [2.75, 3.05) is 27.2 Å². The van der Waals surface area contributed by atoms with Crippen LogP contribution in [-0.2, 0) is 32.5 Å². The zero-order valence-corrected chi connectivity index (χ0v) is 17.1. The van der Waals surface area contributed by atoms with Crippen LogP contribution in [0.4, 0.5) is 13.2 Å². The number of hydrogen-bond donors (Lipinski definition) is 0. The Kier molecular flexibility index (Phi) is 5.48. The van der Waals surface area contributed by atoms with Crippen LogP contribution in [0.25, 0.3) is 0 Å².